The maximum Gasteiger partial charge on any atom is 0.341 e. The minimum Gasteiger partial charge on any atom is -0.466 e. The largest absolute Gasteiger partial charge is 0.466 e. The summed E-state index contributed by atoms with van der Waals surface area (Å²) in [5.41, 5.74) is 1.54. The summed E-state index contributed by atoms with van der Waals surface area (Å²) in [6.07, 6.45) is 4.77. The lowest BCUT2D eigenvalue weighted by Gasteiger charge is -2.12. The lowest BCUT2D eigenvalue weighted by Crippen LogP contribution is -2.16. The number of hydrogen-bond donors (Lipinski definition) is 1. The van der Waals surface area contributed by atoms with Gasteiger partial charge in [0.15, 0.2) is 0 Å². The van der Waals surface area contributed by atoms with Crippen molar-refractivity contribution in [2.45, 2.75) is 58.8 Å². The van der Waals surface area contributed by atoms with E-state index in [1.54, 1.807) is 13.8 Å². The first-order chi connectivity index (χ1) is 12.1. The van der Waals surface area contributed by atoms with Crippen LogP contribution in [0.3, 0.4) is 0 Å². The van der Waals surface area contributed by atoms with Crippen LogP contribution in [-0.2, 0) is 31.9 Å². The highest BCUT2D eigenvalue weighted by atomic mass is 32.1. The first-order valence-corrected chi connectivity index (χ1v) is 9.65. The summed E-state index contributed by atoms with van der Waals surface area (Å²) in [4.78, 5) is 37.0. The summed E-state index contributed by atoms with van der Waals surface area (Å²) in [6.45, 7) is 4.16. The molecule has 0 saturated heterocycles. The number of carbonyl (C=O) groups is 3. The minimum atomic E-state index is -0.372. The molecule has 1 aromatic rings. The average molecular weight is 367 g/mol. The normalized spacial score (nSPS) is 13.0. The number of aryl methyl sites for hydroxylation is 1. The van der Waals surface area contributed by atoms with Crippen LogP contribution in [0.1, 0.15) is 66.8 Å². The predicted molar refractivity (Wildman–Crippen MR) is 96.0 cm³/mol. The van der Waals surface area contributed by atoms with Gasteiger partial charge in [-0.15, -0.1) is 11.3 Å². The fraction of sp³-hybridized carbons (Fsp3) is 0.611. The molecule has 1 N–H and O–H groups in total. The summed E-state index contributed by atoms with van der Waals surface area (Å²) in [5.74, 6) is -0.869. The van der Waals surface area contributed by atoms with Gasteiger partial charge in [0.25, 0.3) is 0 Å². The molecule has 138 valence electrons. The second-order valence-corrected chi connectivity index (χ2v) is 6.95. The maximum absolute atomic E-state index is 12.3. The smallest absolute Gasteiger partial charge is 0.341 e. The molecule has 1 aliphatic carbocycles. The Hall–Kier alpha value is -1.89. The third-order valence-corrected chi connectivity index (χ3v) is 5.20. The zero-order chi connectivity index (χ0) is 18.2. The molecule has 2 rings (SSSR count). The third-order valence-electron chi connectivity index (χ3n) is 3.99. The molecule has 25 heavy (non-hydrogen) atoms. The van der Waals surface area contributed by atoms with Crippen molar-refractivity contribution in [3.05, 3.63) is 16.0 Å². The fourth-order valence-corrected chi connectivity index (χ4v) is 4.18. The van der Waals surface area contributed by atoms with E-state index >= 15 is 0 Å². The number of anilines is 1. The van der Waals surface area contributed by atoms with Crippen LogP contribution in [0.4, 0.5) is 5.00 Å². The quantitative estimate of drug-likeness (QED) is 0.712. The Morgan fingerprint density at radius 2 is 1.76 bits per heavy atom. The van der Waals surface area contributed by atoms with E-state index in [2.05, 4.69) is 5.32 Å². The van der Waals surface area contributed by atoms with Gasteiger partial charge >= 0.3 is 11.9 Å². The van der Waals surface area contributed by atoms with E-state index in [1.165, 1.54) is 11.3 Å². The van der Waals surface area contributed by atoms with Crippen LogP contribution >= 0.6 is 11.3 Å². The van der Waals surface area contributed by atoms with Crippen LogP contribution in [0.2, 0.25) is 0 Å². The fourth-order valence-electron chi connectivity index (χ4n) is 2.89. The number of amides is 1. The molecule has 6 nitrogen and oxygen atoms in total. The molecule has 1 heterocycles. The number of hydrogen-bond acceptors (Lipinski definition) is 6. The highest BCUT2D eigenvalue weighted by molar-refractivity contribution is 7.17. The topological polar surface area (TPSA) is 81.7 Å². The number of nitrogens with one attached hydrogen (secondary N) is 1. The Balaban J connectivity index is 2.03. The van der Waals surface area contributed by atoms with Crippen molar-refractivity contribution in [1.82, 2.24) is 0 Å². The van der Waals surface area contributed by atoms with Crippen molar-refractivity contribution in [3.63, 3.8) is 0 Å². The molecule has 0 radical (unpaired) electrons. The van der Waals surface area contributed by atoms with Gasteiger partial charge in [0.2, 0.25) is 5.91 Å². The molecule has 7 heteroatoms. The zero-order valence-corrected chi connectivity index (χ0v) is 15.6. The number of ether oxygens (including phenoxy) is 2. The highest BCUT2D eigenvalue weighted by Crippen LogP contribution is 2.38. The molecule has 0 unspecified atom stereocenters. The van der Waals surface area contributed by atoms with Gasteiger partial charge in [0, 0.05) is 17.7 Å². The Labute approximate surface area is 151 Å². The van der Waals surface area contributed by atoms with Crippen LogP contribution < -0.4 is 5.32 Å². The molecular formula is C18H25NO5S. The minimum absolute atomic E-state index is 0.201. The molecule has 1 aromatic heterocycles. The maximum atomic E-state index is 12.3. The molecule has 0 fully saturated rings. The molecule has 0 aromatic carbocycles. The van der Waals surface area contributed by atoms with E-state index in [1.807, 2.05) is 0 Å². The second-order valence-electron chi connectivity index (χ2n) is 5.84. The van der Waals surface area contributed by atoms with Crippen LogP contribution in [0.25, 0.3) is 0 Å². The molecule has 1 amide bonds. The molecule has 1 aliphatic rings. The van der Waals surface area contributed by atoms with E-state index in [0.29, 0.717) is 30.2 Å². The van der Waals surface area contributed by atoms with Gasteiger partial charge in [-0.25, -0.2) is 4.79 Å². The zero-order valence-electron chi connectivity index (χ0n) is 14.8. The standard InChI is InChI=1S/C18H25NO5S/c1-3-23-15(21)11-7-10-14(20)19-17-16(18(22)24-4-2)12-8-5-6-9-13(12)25-17/h3-11H2,1-2H3,(H,19,20). The predicted octanol–water partition coefficient (Wildman–Crippen LogP) is 3.48. The van der Waals surface area contributed by atoms with E-state index in [4.69, 9.17) is 9.47 Å². The molecule has 0 atom stereocenters. The van der Waals surface area contributed by atoms with Gasteiger partial charge in [0.05, 0.1) is 18.8 Å². The van der Waals surface area contributed by atoms with Gasteiger partial charge in [-0.1, -0.05) is 0 Å². The van der Waals surface area contributed by atoms with Gasteiger partial charge in [0.1, 0.15) is 5.00 Å². The van der Waals surface area contributed by atoms with Crippen LogP contribution in [0.15, 0.2) is 0 Å². The highest BCUT2D eigenvalue weighted by Gasteiger charge is 2.27. The Bertz CT molecular complexity index is 638. The van der Waals surface area contributed by atoms with Crippen molar-refractivity contribution >= 4 is 34.2 Å². The van der Waals surface area contributed by atoms with Crippen molar-refractivity contribution in [2.75, 3.05) is 18.5 Å². The van der Waals surface area contributed by atoms with Crippen molar-refractivity contribution in [1.29, 1.82) is 0 Å². The van der Waals surface area contributed by atoms with Crippen LogP contribution in [0.5, 0.6) is 0 Å². The summed E-state index contributed by atoms with van der Waals surface area (Å²) >= 11 is 1.47. The summed E-state index contributed by atoms with van der Waals surface area (Å²) < 4.78 is 10.0. The lowest BCUT2D eigenvalue weighted by molar-refractivity contribution is -0.143. The second kappa shape index (κ2) is 9.56. The SMILES string of the molecule is CCOC(=O)CCCC(=O)Nc1sc2c(c1C(=O)OCC)CCCC2. The molecule has 0 bridgehead atoms. The summed E-state index contributed by atoms with van der Waals surface area (Å²) in [5, 5.41) is 3.41. The molecule has 0 spiro atoms. The van der Waals surface area contributed by atoms with E-state index in [-0.39, 0.29) is 30.7 Å². The Morgan fingerprint density at radius 3 is 2.48 bits per heavy atom. The van der Waals surface area contributed by atoms with Crippen molar-refractivity contribution in [3.8, 4) is 0 Å². The summed E-state index contributed by atoms with van der Waals surface area (Å²) in [7, 11) is 0. The molecule has 0 saturated carbocycles. The monoisotopic (exact) mass is 367 g/mol. The van der Waals surface area contributed by atoms with Gasteiger partial charge in [-0.05, 0) is 51.5 Å². The van der Waals surface area contributed by atoms with Crippen molar-refractivity contribution < 1.29 is 23.9 Å². The Kier molecular flexibility index (Phi) is 7.43. The Morgan fingerprint density at radius 1 is 1.04 bits per heavy atom. The number of esters is 2. The number of fused-ring (bicyclic) bond motifs is 1. The number of rotatable bonds is 8. The average Bonchev–Trinajstić information content (AvgIpc) is 2.93. The number of carbonyl (C=O) groups excluding carboxylic acids is 3. The molecule has 0 aliphatic heterocycles. The van der Waals surface area contributed by atoms with Gasteiger partial charge in [-0.2, -0.15) is 0 Å². The van der Waals surface area contributed by atoms with Gasteiger partial charge in [-0.3, -0.25) is 9.59 Å². The third kappa shape index (κ3) is 5.29. The first-order valence-electron chi connectivity index (χ1n) is 8.83. The van der Waals surface area contributed by atoms with E-state index < -0.39 is 0 Å². The number of thiophene rings is 1. The van der Waals surface area contributed by atoms with E-state index in [0.717, 1.165) is 36.1 Å². The first kappa shape index (κ1) is 19.4. The van der Waals surface area contributed by atoms with Crippen LogP contribution in [-0.4, -0.2) is 31.1 Å². The van der Waals surface area contributed by atoms with Crippen LogP contribution in [0, 0.1) is 0 Å². The summed E-state index contributed by atoms with van der Waals surface area (Å²) in [6, 6.07) is 0. The lowest BCUT2D eigenvalue weighted by atomic mass is 9.95. The molecular weight excluding hydrogens is 342 g/mol. The van der Waals surface area contributed by atoms with Crippen molar-refractivity contribution in [2.24, 2.45) is 0 Å². The van der Waals surface area contributed by atoms with Gasteiger partial charge < -0.3 is 14.8 Å². The van der Waals surface area contributed by atoms with E-state index in [9.17, 15) is 14.4 Å².